The molecule has 1 N–H and O–H groups in total. The van der Waals surface area contributed by atoms with Crippen LogP contribution >= 0.6 is 11.6 Å². The Balaban J connectivity index is 1.92. The normalized spacial score (nSPS) is 20.5. The van der Waals surface area contributed by atoms with Crippen molar-refractivity contribution in [1.29, 1.82) is 0 Å². The van der Waals surface area contributed by atoms with Crippen molar-refractivity contribution in [3.63, 3.8) is 0 Å². The summed E-state index contributed by atoms with van der Waals surface area (Å²) < 4.78 is 5.57. The summed E-state index contributed by atoms with van der Waals surface area (Å²) in [6, 6.07) is 5.69. The molecule has 0 radical (unpaired) electrons. The maximum Gasteiger partial charge on any atom is 0.411 e. The Morgan fingerprint density at radius 3 is 2.77 bits per heavy atom. The highest BCUT2D eigenvalue weighted by Gasteiger charge is 2.45. The molecule has 1 aliphatic heterocycles. The van der Waals surface area contributed by atoms with Crippen LogP contribution in [-0.2, 0) is 10.3 Å². The smallest absolute Gasteiger partial charge is 0.411 e. The predicted octanol–water partition coefficient (Wildman–Crippen LogP) is 4.68. The maximum absolute atomic E-state index is 12.6. The third kappa shape index (κ3) is 3.43. The summed E-state index contributed by atoms with van der Waals surface area (Å²) in [5.41, 5.74) is 0.740. The summed E-state index contributed by atoms with van der Waals surface area (Å²) in [6.07, 6.45) is 1.37. The summed E-state index contributed by atoms with van der Waals surface area (Å²) in [5, 5.41) is 9.33. The lowest BCUT2D eigenvalue weighted by Gasteiger charge is -2.34. The zero-order valence-corrected chi connectivity index (χ0v) is 16.6. The molecule has 1 aliphatic rings. The number of aromatic nitrogens is 3. The van der Waals surface area contributed by atoms with Crippen molar-refractivity contribution in [2.45, 2.75) is 58.6 Å². The number of halogens is 1. The largest absolute Gasteiger partial charge is 0.444 e. The van der Waals surface area contributed by atoms with Crippen molar-refractivity contribution in [2.75, 3.05) is 6.54 Å². The van der Waals surface area contributed by atoms with Crippen LogP contribution in [0.3, 0.4) is 0 Å². The van der Waals surface area contributed by atoms with Crippen molar-refractivity contribution in [3.05, 3.63) is 34.6 Å². The lowest BCUT2D eigenvalue weighted by molar-refractivity contribution is 0.00859. The SMILES string of the molecule is Cc1c(Cl)cccc1-c1nnc([C@]2(C)CCCN2C(=O)OC(C)(C)C)[nH]1. The standard InChI is InChI=1S/C19H25ClN4O2/c1-12-13(8-6-9-14(12)20)15-21-16(23-22-15)19(5)10-7-11-24(19)17(25)26-18(2,3)4/h6,8-9H,7,10-11H2,1-5H3,(H,21,22,23)/t19-/m0/s1. The van der Waals surface area contributed by atoms with Gasteiger partial charge >= 0.3 is 6.09 Å². The second-order valence-electron chi connectivity index (χ2n) is 7.94. The lowest BCUT2D eigenvalue weighted by Crippen LogP contribution is -2.46. The van der Waals surface area contributed by atoms with Crippen molar-refractivity contribution in [1.82, 2.24) is 20.1 Å². The molecule has 1 aromatic carbocycles. The van der Waals surface area contributed by atoms with Crippen LogP contribution in [0.15, 0.2) is 18.2 Å². The topological polar surface area (TPSA) is 71.1 Å². The number of hydrogen-bond acceptors (Lipinski definition) is 4. The van der Waals surface area contributed by atoms with Gasteiger partial charge in [0.05, 0.1) is 0 Å². The Morgan fingerprint density at radius 2 is 2.08 bits per heavy atom. The molecule has 1 fully saturated rings. The summed E-state index contributed by atoms with van der Waals surface area (Å²) in [4.78, 5) is 17.7. The fourth-order valence-electron chi connectivity index (χ4n) is 3.31. The van der Waals surface area contributed by atoms with Crippen molar-refractivity contribution >= 4 is 17.7 Å². The zero-order chi connectivity index (χ0) is 19.1. The molecule has 1 saturated heterocycles. The van der Waals surface area contributed by atoms with E-state index in [2.05, 4.69) is 15.2 Å². The fourth-order valence-corrected chi connectivity index (χ4v) is 3.48. The number of benzene rings is 1. The highest BCUT2D eigenvalue weighted by atomic mass is 35.5. The van der Waals surface area contributed by atoms with Crippen molar-refractivity contribution in [3.8, 4) is 11.4 Å². The molecule has 3 rings (SSSR count). The van der Waals surface area contributed by atoms with Crippen LogP contribution in [0.1, 0.15) is 51.9 Å². The minimum absolute atomic E-state index is 0.325. The van der Waals surface area contributed by atoms with Gasteiger partial charge in [-0.3, -0.25) is 4.90 Å². The average molecular weight is 377 g/mol. The number of nitrogens with zero attached hydrogens (tertiary/aromatic N) is 3. The Hall–Kier alpha value is -2.08. The predicted molar refractivity (Wildman–Crippen MR) is 101 cm³/mol. The van der Waals surface area contributed by atoms with E-state index in [9.17, 15) is 4.79 Å². The molecular formula is C19H25ClN4O2. The monoisotopic (exact) mass is 376 g/mol. The van der Waals surface area contributed by atoms with Crippen LogP contribution in [-0.4, -0.2) is 38.3 Å². The van der Waals surface area contributed by atoms with E-state index in [0.29, 0.717) is 23.2 Å². The van der Waals surface area contributed by atoms with Gasteiger partial charge in [0.25, 0.3) is 0 Å². The Morgan fingerprint density at radius 1 is 1.35 bits per heavy atom. The van der Waals surface area contributed by atoms with E-state index in [1.165, 1.54) is 0 Å². The maximum atomic E-state index is 12.6. The second-order valence-corrected chi connectivity index (χ2v) is 8.35. The molecule has 26 heavy (non-hydrogen) atoms. The number of H-pyrrole nitrogens is 1. The van der Waals surface area contributed by atoms with E-state index >= 15 is 0 Å². The van der Waals surface area contributed by atoms with Crippen LogP contribution < -0.4 is 0 Å². The molecule has 7 heteroatoms. The van der Waals surface area contributed by atoms with Gasteiger partial charge in [0.15, 0.2) is 11.6 Å². The van der Waals surface area contributed by atoms with Gasteiger partial charge in [-0.2, -0.15) is 0 Å². The molecule has 6 nitrogen and oxygen atoms in total. The quantitative estimate of drug-likeness (QED) is 0.826. The number of aromatic amines is 1. The van der Waals surface area contributed by atoms with E-state index in [4.69, 9.17) is 16.3 Å². The number of nitrogens with one attached hydrogen (secondary N) is 1. The minimum Gasteiger partial charge on any atom is -0.444 e. The molecule has 0 spiro atoms. The Labute approximate surface area is 158 Å². The van der Waals surface area contributed by atoms with Crippen LogP contribution in [0.25, 0.3) is 11.4 Å². The van der Waals surface area contributed by atoms with Gasteiger partial charge in [0.1, 0.15) is 11.1 Å². The zero-order valence-electron chi connectivity index (χ0n) is 15.9. The van der Waals surface area contributed by atoms with Gasteiger partial charge in [-0.1, -0.05) is 23.7 Å². The van der Waals surface area contributed by atoms with E-state index in [1.807, 2.05) is 52.8 Å². The van der Waals surface area contributed by atoms with E-state index in [1.54, 1.807) is 4.90 Å². The van der Waals surface area contributed by atoms with Gasteiger partial charge in [0.2, 0.25) is 0 Å². The highest BCUT2D eigenvalue weighted by molar-refractivity contribution is 6.31. The number of carbonyl (C=O) groups is 1. The van der Waals surface area contributed by atoms with Gasteiger partial charge in [-0.25, -0.2) is 4.79 Å². The molecular weight excluding hydrogens is 352 g/mol. The number of amides is 1. The molecule has 1 aromatic heterocycles. The van der Waals surface area contributed by atoms with Crippen molar-refractivity contribution < 1.29 is 9.53 Å². The molecule has 1 atom stereocenters. The molecule has 2 heterocycles. The summed E-state index contributed by atoms with van der Waals surface area (Å²) in [7, 11) is 0. The highest BCUT2D eigenvalue weighted by Crippen LogP contribution is 2.38. The summed E-state index contributed by atoms with van der Waals surface area (Å²) in [5.74, 6) is 1.31. The van der Waals surface area contributed by atoms with Crippen LogP contribution in [0, 0.1) is 6.92 Å². The molecule has 0 unspecified atom stereocenters. The van der Waals surface area contributed by atoms with Gasteiger partial charge < -0.3 is 9.72 Å². The first-order valence-electron chi connectivity index (χ1n) is 8.81. The number of likely N-dealkylation sites (tertiary alicyclic amines) is 1. The third-order valence-corrected chi connectivity index (χ3v) is 5.18. The molecule has 0 bridgehead atoms. The van der Waals surface area contributed by atoms with Crippen LogP contribution in [0.5, 0.6) is 0 Å². The first-order valence-corrected chi connectivity index (χ1v) is 9.19. The molecule has 2 aromatic rings. The second kappa shape index (κ2) is 6.58. The molecule has 1 amide bonds. The van der Waals surface area contributed by atoms with E-state index < -0.39 is 11.1 Å². The summed E-state index contributed by atoms with van der Waals surface area (Å²) in [6.45, 7) is 10.2. The number of rotatable bonds is 2. The lowest BCUT2D eigenvalue weighted by atomic mass is 9.98. The van der Waals surface area contributed by atoms with Crippen LogP contribution in [0.2, 0.25) is 5.02 Å². The minimum atomic E-state index is -0.569. The molecule has 140 valence electrons. The number of hydrogen-bond donors (Lipinski definition) is 1. The fraction of sp³-hybridized carbons (Fsp3) is 0.526. The molecule has 0 aliphatic carbocycles. The number of ether oxygens (including phenoxy) is 1. The number of carbonyl (C=O) groups excluding carboxylic acids is 1. The Kier molecular flexibility index (Phi) is 4.73. The van der Waals surface area contributed by atoms with Gasteiger partial charge in [-0.05, 0) is 59.1 Å². The average Bonchev–Trinajstić information content (AvgIpc) is 3.16. The Bertz CT molecular complexity index is 827. The van der Waals surface area contributed by atoms with E-state index in [-0.39, 0.29) is 6.09 Å². The van der Waals surface area contributed by atoms with Crippen molar-refractivity contribution in [2.24, 2.45) is 0 Å². The third-order valence-electron chi connectivity index (χ3n) is 4.77. The van der Waals surface area contributed by atoms with Gasteiger partial charge in [0, 0.05) is 17.1 Å². The van der Waals surface area contributed by atoms with Gasteiger partial charge in [-0.15, -0.1) is 10.2 Å². The first kappa shape index (κ1) is 18.7. The van der Waals surface area contributed by atoms with Crippen LogP contribution in [0.4, 0.5) is 4.79 Å². The summed E-state index contributed by atoms with van der Waals surface area (Å²) >= 11 is 6.22. The first-order chi connectivity index (χ1) is 12.1. The molecule has 0 saturated carbocycles. The van der Waals surface area contributed by atoms with E-state index in [0.717, 1.165) is 24.0 Å².